The molecule has 0 radical (unpaired) electrons. The lowest BCUT2D eigenvalue weighted by atomic mass is 10.2. The van der Waals surface area contributed by atoms with E-state index in [-0.39, 0.29) is 10.2 Å². The lowest BCUT2D eigenvalue weighted by molar-refractivity contribution is -0.123. The molecule has 0 atom stereocenters. The van der Waals surface area contributed by atoms with E-state index in [2.05, 4.69) is 12.0 Å². The van der Waals surface area contributed by atoms with Crippen molar-refractivity contribution >= 4 is 46.2 Å². The SMILES string of the molecule is C=CCOc1ccc(/C=C2\SC(=S)N(NC(=O)c3ccc(OCc4ccccc4)cc3)C2=O)cc1. The Kier molecular flexibility index (Phi) is 7.97. The van der Waals surface area contributed by atoms with E-state index in [0.29, 0.717) is 35.2 Å². The van der Waals surface area contributed by atoms with Crippen LogP contribution in [-0.2, 0) is 11.4 Å². The van der Waals surface area contributed by atoms with Crippen LogP contribution in [0.25, 0.3) is 6.08 Å². The third-order valence-electron chi connectivity index (χ3n) is 4.92. The second kappa shape index (κ2) is 11.5. The normalized spacial score (nSPS) is 14.2. The van der Waals surface area contributed by atoms with Crippen molar-refractivity contribution in [3.63, 3.8) is 0 Å². The molecule has 1 N–H and O–H groups in total. The number of benzene rings is 3. The third kappa shape index (κ3) is 6.38. The van der Waals surface area contributed by atoms with Gasteiger partial charge >= 0.3 is 0 Å². The van der Waals surface area contributed by atoms with Crippen molar-refractivity contribution in [2.24, 2.45) is 0 Å². The highest BCUT2D eigenvalue weighted by Gasteiger charge is 2.33. The fraction of sp³-hybridized carbons (Fsp3) is 0.0741. The summed E-state index contributed by atoms with van der Waals surface area (Å²) in [4.78, 5) is 26.0. The second-order valence-electron chi connectivity index (χ2n) is 7.43. The van der Waals surface area contributed by atoms with E-state index in [1.807, 2.05) is 54.6 Å². The molecule has 0 unspecified atom stereocenters. The molecule has 2 amide bonds. The Morgan fingerprint density at radius 1 is 0.971 bits per heavy atom. The second-order valence-corrected chi connectivity index (χ2v) is 9.10. The van der Waals surface area contributed by atoms with Gasteiger partial charge in [-0.3, -0.25) is 15.0 Å². The fourth-order valence-electron chi connectivity index (χ4n) is 3.14. The molecule has 0 aliphatic carbocycles. The largest absolute Gasteiger partial charge is 0.490 e. The predicted molar refractivity (Wildman–Crippen MR) is 142 cm³/mol. The minimum absolute atomic E-state index is 0.253. The number of thioether (sulfide) groups is 1. The number of rotatable bonds is 9. The zero-order chi connectivity index (χ0) is 24.6. The molecule has 0 saturated carbocycles. The van der Waals surface area contributed by atoms with Gasteiger partial charge in [0.2, 0.25) is 0 Å². The Morgan fingerprint density at radius 2 is 1.63 bits per heavy atom. The van der Waals surface area contributed by atoms with Gasteiger partial charge in [0.15, 0.2) is 4.32 Å². The van der Waals surface area contributed by atoms with Crippen molar-refractivity contribution in [1.29, 1.82) is 0 Å². The summed E-state index contributed by atoms with van der Waals surface area (Å²) in [6, 6.07) is 23.8. The number of hydrazine groups is 1. The van der Waals surface area contributed by atoms with Crippen LogP contribution in [0.4, 0.5) is 0 Å². The number of ether oxygens (including phenoxy) is 2. The summed E-state index contributed by atoms with van der Waals surface area (Å²) in [6.45, 7) is 4.47. The van der Waals surface area contributed by atoms with Crippen molar-refractivity contribution in [3.8, 4) is 11.5 Å². The molecule has 3 aromatic carbocycles. The first-order valence-electron chi connectivity index (χ1n) is 10.7. The van der Waals surface area contributed by atoms with Crippen LogP contribution >= 0.6 is 24.0 Å². The maximum absolute atomic E-state index is 12.8. The molecule has 176 valence electrons. The van der Waals surface area contributed by atoms with Crippen LogP contribution in [0.5, 0.6) is 11.5 Å². The van der Waals surface area contributed by atoms with Crippen LogP contribution in [0.3, 0.4) is 0 Å². The number of nitrogens with zero attached hydrogens (tertiary/aromatic N) is 1. The lowest BCUT2D eigenvalue weighted by Gasteiger charge is -2.15. The zero-order valence-corrected chi connectivity index (χ0v) is 20.3. The van der Waals surface area contributed by atoms with Crippen LogP contribution in [0.1, 0.15) is 21.5 Å². The lowest BCUT2D eigenvalue weighted by Crippen LogP contribution is -2.44. The summed E-state index contributed by atoms with van der Waals surface area (Å²) < 4.78 is 11.5. The molecular formula is C27H22N2O4S2. The van der Waals surface area contributed by atoms with Crippen molar-refractivity contribution in [2.75, 3.05) is 6.61 Å². The van der Waals surface area contributed by atoms with Gasteiger partial charge in [-0.1, -0.05) is 66.9 Å². The number of hydrogen-bond donors (Lipinski definition) is 1. The Morgan fingerprint density at radius 3 is 2.31 bits per heavy atom. The summed E-state index contributed by atoms with van der Waals surface area (Å²) >= 11 is 6.44. The molecule has 1 aliphatic heterocycles. The average Bonchev–Trinajstić information content (AvgIpc) is 3.15. The predicted octanol–water partition coefficient (Wildman–Crippen LogP) is 5.38. The number of carbonyl (C=O) groups is 2. The third-order valence-corrected chi connectivity index (χ3v) is 6.22. The highest BCUT2D eigenvalue weighted by atomic mass is 32.2. The maximum atomic E-state index is 12.8. The number of hydrogen-bond acceptors (Lipinski definition) is 6. The van der Waals surface area contributed by atoms with Crippen molar-refractivity contribution in [3.05, 3.63) is 113 Å². The van der Waals surface area contributed by atoms with E-state index in [1.54, 1.807) is 36.4 Å². The summed E-state index contributed by atoms with van der Waals surface area (Å²) in [5.74, 6) is 0.516. The van der Waals surface area contributed by atoms with Gasteiger partial charge in [-0.05, 0) is 65.8 Å². The summed E-state index contributed by atoms with van der Waals surface area (Å²) in [6.07, 6.45) is 3.39. The van der Waals surface area contributed by atoms with Crippen molar-refractivity contribution in [1.82, 2.24) is 10.4 Å². The molecule has 35 heavy (non-hydrogen) atoms. The Bertz CT molecular complexity index is 1260. The molecule has 1 heterocycles. The van der Waals surface area contributed by atoms with Gasteiger partial charge in [0, 0.05) is 5.56 Å². The van der Waals surface area contributed by atoms with E-state index in [1.165, 1.54) is 0 Å². The minimum Gasteiger partial charge on any atom is -0.490 e. The average molecular weight is 503 g/mol. The van der Waals surface area contributed by atoms with Gasteiger partial charge in [-0.25, -0.2) is 0 Å². The van der Waals surface area contributed by atoms with Crippen LogP contribution in [0, 0.1) is 0 Å². The molecule has 8 heteroatoms. The molecule has 0 aromatic heterocycles. The molecular weight excluding hydrogens is 480 g/mol. The Labute approximate surface area is 213 Å². The number of nitrogens with one attached hydrogen (secondary N) is 1. The molecule has 1 aliphatic rings. The molecule has 0 spiro atoms. The van der Waals surface area contributed by atoms with E-state index in [9.17, 15) is 9.59 Å². The molecule has 4 rings (SSSR count). The summed E-state index contributed by atoms with van der Waals surface area (Å²) in [5, 5.41) is 1.09. The van der Waals surface area contributed by atoms with Gasteiger partial charge in [-0.15, -0.1) is 0 Å². The number of carbonyl (C=O) groups excluding carboxylic acids is 2. The fourth-order valence-corrected chi connectivity index (χ4v) is 4.32. The van der Waals surface area contributed by atoms with Crippen molar-refractivity contribution in [2.45, 2.75) is 6.61 Å². The van der Waals surface area contributed by atoms with Crippen LogP contribution < -0.4 is 14.9 Å². The van der Waals surface area contributed by atoms with E-state index < -0.39 is 5.91 Å². The van der Waals surface area contributed by atoms with Crippen LogP contribution in [0.15, 0.2) is 96.4 Å². The smallest absolute Gasteiger partial charge is 0.285 e. The quantitative estimate of drug-likeness (QED) is 0.241. The monoisotopic (exact) mass is 502 g/mol. The number of amides is 2. The molecule has 3 aromatic rings. The first kappa shape index (κ1) is 24.3. The molecule has 1 saturated heterocycles. The van der Waals surface area contributed by atoms with Gasteiger partial charge in [-0.2, -0.15) is 5.01 Å². The number of thiocarbonyl (C=S) groups is 1. The van der Waals surface area contributed by atoms with Crippen LogP contribution in [-0.4, -0.2) is 27.8 Å². The first-order valence-corrected chi connectivity index (χ1v) is 12.0. The highest BCUT2D eigenvalue weighted by Crippen LogP contribution is 2.31. The maximum Gasteiger partial charge on any atom is 0.285 e. The topological polar surface area (TPSA) is 67.9 Å². The summed E-state index contributed by atoms with van der Waals surface area (Å²) in [5.41, 5.74) is 4.84. The van der Waals surface area contributed by atoms with Crippen molar-refractivity contribution < 1.29 is 19.1 Å². The first-order chi connectivity index (χ1) is 17.0. The van der Waals surface area contributed by atoms with Gasteiger partial charge < -0.3 is 9.47 Å². The van der Waals surface area contributed by atoms with E-state index >= 15 is 0 Å². The van der Waals surface area contributed by atoms with Crippen LogP contribution in [0.2, 0.25) is 0 Å². The Balaban J connectivity index is 1.35. The van der Waals surface area contributed by atoms with Gasteiger partial charge in [0.05, 0.1) is 4.91 Å². The Hall–Kier alpha value is -3.88. The van der Waals surface area contributed by atoms with Gasteiger partial charge in [0.25, 0.3) is 11.8 Å². The minimum atomic E-state index is -0.444. The standard InChI is InChI=1S/C27H22N2O4S2/c1-2-16-32-22-12-8-19(9-13-22)17-24-26(31)29(27(34)35-24)28-25(30)21-10-14-23(15-11-21)33-18-20-6-4-3-5-7-20/h2-15,17H,1,16,18H2,(H,28,30)/b24-17-. The summed E-state index contributed by atoms with van der Waals surface area (Å²) in [7, 11) is 0. The van der Waals surface area contributed by atoms with E-state index in [0.717, 1.165) is 27.9 Å². The zero-order valence-electron chi connectivity index (χ0n) is 18.7. The molecule has 1 fully saturated rings. The highest BCUT2D eigenvalue weighted by molar-refractivity contribution is 8.26. The molecule has 6 nitrogen and oxygen atoms in total. The van der Waals surface area contributed by atoms with Gasteiger partial charge in [0.1, 0.15) is 24.7 Å². The van der Waals surface area contributed by atoms with E-state index in [4.69, 9.17) is 21.7 Å². The molecule has 0 bridgehead atoms.